The van der Waals surface area contributed by atoms with Crippen LogP contribution in [0, 0.1) is 0 Å². The maximum Gasteiger partial charge on any atom is 0.0187 e. The molecule has 18 heavy (non-hydrogen) atoms. The monoisotopic (exact) mass is 274 g/mol. The molecule has 1 saturated heterocycles. The van der Waals surface area contributed by atoms with Gasteiger partial charge in [-0.2, -0.15) is 0 Å². The Hall–Kier alpha value is 0.250. The Labute approximate surface area is 121 Å². The van der Waals surface area contributed by atoms with Crippen LogP contribution < -0.4 is 17.7 Å². The van der Waals surface area contributed by atoms with Crippen molar-refractivity contribution in [3.05, 3.63) is 0 Å². The van der Waals surface area contributed by atoms with Gasteiger partial charge in [-0.1, -0.05) is 53.4 Å². The van der Waals surface area contributed by atoms with E-state index in [0.717, 1.165) is 0 Å². The Morgan fingerprint density at radius 3 is 1.17 bits per heavy atom. The minimum atomic E-state index is 0. The van der Waals surface area contributed by atoms with E-state index >= 15 is 0 Å². The topological polar surface area (TPSA) is 12.0 Å². The highest BCUT2D eigenvalue weighted by atomic mass is 35.5. The van der Waals surface area contributed by atoms with E-state index in [2.05, 4.69) is 33.0 Å². The average molecular weight is 275 g/mol. The van der Waals surface area contributed by atoms with Gasteiger partial charge in [0.2, 0.25) is 0 Å². The molecule has 1 aliphatic heterocycles. The van der Waals surface area contributed by atoms with E-state index in [1.54, 1.807) is 0 Å². The zero-order valence-corrected chi connectivity index (χ0v) is 13.7. The fraction of sp³-hybridized carbons (Fsp3) is 1.00. The maximum atomic E-state index is 4.12. The summed E-state index contributed by atoms with van der Waals surface area (Å²) < 4.78 is 0. The number of hydrogen-bond donors (Lipinski definition) is 1. The van der Waals surface area contributed by atoms with Crippen molar-refractivity contribution >= 4 is 0 Å². The number of hydrogen-bond acceptors (Lipinski definition) is 1. The first-order chi connectivity index (χ1) is 8.16. The molecule has 1 aliphatic rings. The molecule has 1 heterocycles. The third-order valence-electron chi connectivity index (χ3n) is 4.53. The molecule has 0 bridgehead atoms. The van der Waals surface area contributed by atoms with E-state index in [1.165, 1.54) is 64.2 Å². The van der Waals surface area contributed by atoms with Gasteiger partial charge in [0.25, 0.3) is 0 Å². The van der Waals surface area contributed by atoms with Crippen LogP contribution in [0.25, 0.3) is 0 Å². The molecule has 0 aliphatic carbocycles. The lowest BCUT2D eigenvalue weighted by Crippen LogP contribution is -3.00. The normalized spacial score (nSPS) is 20.7. The average Bonchev–Trinajstić information content (AvgIpc) is 2.60. The molecule has 1 N–H and O–H groups in total. The Morgan fingerprint density at radius 1 is 0.667 bits per heavy atom. The van der Waals surface area contributed by atoms with Gasteiger partial charge in [0.15, 0.2) is 0 Å². The number of nitrogens with one attached hydrogen (secondary N) is 1. The van der Waals surface area contributed by atoms with Gasteiger partial charge in [0.05, 0.1) is 0 Å². The van der Waals surface area contributed by atoms with Gasteiger partial charge >= 0.3 is 0 Å². The second-order valence-electron chi connectivity index (χ2n) is 6.19. The van der Waals surface area contributed by atoms with Crippen molar-refractivity contribution in [2.75, 3.05) is 0 Å². The summed E-state index contributed by atoms with van der Waals surface area (Å²) in [6, 6.07) is 0. The third-order valence-corrected chi connectivity index (χ3v) is 4.53. The molecule has 0 unspecified atom stereocenters. The van der Waals surface area contributed by atoms with Crippen LogP contribution in [0.4, 0.5) is 0 Å². The maximum absolute atomic E-state index is 4.12. The van der Waals surface area contributed by atoms with E-state index in [0.29, 0.717) is 11.1 Å². The Balaban J connectivity index is 0.00000289. The molecular weight excluding hydrogens is 242 g/mol. The molecule has 1 fully saturated rings. The Kier molecular flexibility index (Phi) is 8.54. The fourth-order valence-electron chi connectivity index (χ4n) is 4.08. The molecule has 0 saturated carbocycles. The SMILES string of the molecule is CCCC1(CCC)CCC(CCC)(CCC)N1.[Cl-]. The van der Waals surface area contributed by atoms with Gasteiger partial charge in [-0.3, -0.25) is 0 Å². The van der Waals surface area contributed by atoms with Crippen LogP contribution in [0.2, 0.25) is 0 Å². The minimum absolute atomic E-state index is 0. The van der Waals surface area contributed by atoms with Gasteiger partial charge in [-0.15, -0.1) is 0 Å². The summed E-state index contributed by atoms with van der Waals surface area (Å²) in [6.07, 6.45) is 13.6. The van der Waals surface area contributed by atoms with Crippen LogP contribution in [0.3, 0.4) is 0 Å². The smallest absolute Gasteiger partial charge is 0.0187 e. The van der Waals surface area contributed by atoms with Gasteiger partial charge < -0.3 is 17.7 Å². The van der Waals surface area contributed by atoms with Crippen molar-refractivity contribution in [3.8, 4) is 0 Å². The van der Waals surface area contributed by atoms with E-state index in [9.17, 15) is 0 Å². The largest absolute Gasteiger partial charge is 1.00 e. The van der Waals surface area contributed by atoms with E-state index in [-0.39, 0.29) is 12.4 Å². The highest BCUT2D eigenvalue weighted by Gasteiger charge is 2.44. The Morgan fingerprint density at radius 2 is 0.944 bits per heavy atom. The Bertz CT molecular complexity index is 181. The van der Waals surface area contributed by atoms with Crippen molar-refractivity contribution in [1.29, 1.82) is 0 Å². The summed E-state index contributed by atoms with van der Waals surface area (Å²) in [4.78, 5) is 0. The quantitative estimate of drug-likeness (QED) is 0.714. The molecule has 0 radical (unpaired) electrons. The van der Waals surface area contributed by atoms with Crippen LogP contribution in [-0.2, 0) is 0 Å². The molecule has 0 aromatic heterocycles. The zero-order valence-electron chi connectivity index (χ0n) is 12.9. The van der Waals surface area contributed by atoms with Crippen LogP contribution >= 0.6 is 0 Å². The molecule has 2 heteroatoms. The van der Waals surface area contributed by atoms with Crippen molar-refractivity contribution in [2.24, 2.45) is 0 Å². The molecule has 0 atom stereocenters. The lowest BCUT2D eigenvalue weighted by atomic mass is 9.86. The van der Waals surface area contributed by atoms with E-state index in [4.69, 9.17) is 0 Å². The molecule has 0 spiro atoms. The predicted molar refractivity (Wildman–Crippen MR) is 77.5 cm³/mol. The lowest BCUT2D eigenvalue weighted by Gasteiger charge is -2.36. The first kappa shape index (κ1) is 18.2. The van der Waals surface area contributed by atoms with Gasteiger partial charge in [-0.05, 0) is 38.5 Å². The summed E-state index contributed by atoms with van der Waals surface area (Å²) in [5, 5.41) is 4.12. The lowest BCUT2D eigenvalue weighted by molar-refractivity contribution is -0.00000505. The van der Waals surface area contributed by atoms with E-state index in [1.807, 2.05) is 0 Å². The molecular formula is C16H33ClN-. The molecule has 1 rings (SSSR count). The summed E-state index contributed by atoms with van der Waals surface area (Å²) in [5.41, 5.74) is 0.960. The first-order valence-corrected chi connectivity index (χ1v) is 7.95. The van der Waals surface area contributed by atoms with Gasteiger partial charge in [-0.25, -0.2) is 0 Å². The summed E-state index contributed by atoms with van der Waals surface area (Å²) in [6.45, 7) is 9.33. The van der Waals surface area contributed by atoms with Crippen LogP contribution in [-0.4, -0.2) is 11.1 Å². The zero-order chi connectivity index (χ0) is 12.8. The highest BCUT2D eigenvalue weighted by molar-refractivity contribution is 5.05. The van der Waals surface area contributed by atoms with Gasteiger partial charge in [0.1, 0.15) is 0 Å². The summed E-state index contributed by atoms with van der Waals surface area (Å²) >= 11 is 0. The summed E-state index contributed by atoms with van der Waals surface area (Å²) in [7, 11) is 0. The minimum Gasteiger partial charge on any atom is -1.00 e. The molecule has 0 aromatic rings. The van der Waals surface area contributed by atoms with E-state index < -0.39 is 0 Å². The number of halogens is 1. The molecule has 110 valence electrons. The van der Waals surface area contributed by atoms with Crippen molar-refractivity contribution in [3.63, 3.8) is 0 Å². The van der Waals surface area contributed by atoms with Crippen molar-refractivity contribution in [2.45, 2.75) is 103 Å². The van der Waals surface area contributed by atoms with Crippen molar-refractivity contribution < 1.29 is 12.4 Å². The predicted octanol–water partition coefficient (Wildman–Crippen LogP) is 2.05. The van der Waals surface area contributed by atoms with Crippen LogP contribution in [0.15, 0.2) is 0 Å². The van der Waals surface area contributed by atoms with Crippen molar-refractivity contribution in [1.82, 2.24) is 5.32 Å². The highest BCUT2D eigenvalue weighted by Crippen LogP contribution is 2.41. The molecule has 0 aromatic carbocycles. The third kappa shape index (κ3) is 4.42. The van der Waals surface area contributed by atoms with Crippen LogP contribution in [0.5, 0.6) is 0 Å². The fourth-order valence-corrected chi connectivity index (χ4v) is 4.08. The number of rotatable bonds is 8. The standard InChI is InChI=1S/C16H33N.ClH/c1-5-9-15(10-6-2)13-14-16(17-15,11-7-3)12-8-4;/h17H,5-14H2,1-4H3;1H/p-1. The second kappa shape index (κ2) is 8.43. The molecule has 1 nitrogen and oxygen atoms in total. The van der Waals surface area contributed by atoms with Gasteiger partial charge in [0, 0.05) is 11.1 Å². The summed E-state index contributed by atoms with van der Waals surface area (Å²) in [5.74, 6) is 0. The van der Waals surface area contributed by atoms with Crippen LogP contribution in [0.1, 0.15) is 91.9 Å². The first-order valence-electron chi connectivity index (χ1n) is 7.95. The molecule has 0 amide bonds. The second-order valence-corrected chi connectivity index (χ2v) is 6.19.